The second kappa shape index (κ2) is 8.63. The maximum absolute atomic E-state index is 12.8. The summed E-state index contributed by atoms with van der Waals surface area (Å²) in [5, 5.41) is 2.85. The van der Waals surface area contributed by atoms with Gasteiger partial charge in [-0.3, -0.25) is 9.69 Å². The number of nitrogens with one attached hydrogen (secondary N) is 2. The van der Waals surface area contributed by atoms with Crippen LogP contribution in [0.5, 0.6) is 0 Å². The van der Waals surface area contributed by atoms with Gasteiger partial charge in [-0.1, -0.05) is 54.6 Å². The topological polar surface area (TPSA) is 78.5 Å². The molecule has 0 aromatic heterocycles. The van der Waals surface area contributed by atoms with Crippen LogP contribution in [-0.2, 0) is 27.9 Å². The van der Waals surface area contributed by atoms with Crippen LogP contribution in [-0.4, -0.2) is 32.8 Å². The van der Waals surface area contributed by atoms with E-state index in [-0.39, 0.29) is 17.3 Å². The Balaban J connectivity index is 1.54. The first-order valence-corrected chi connectivity index (χ1v) is 11.6. The lowest BCUT2D eigenvalue weighted by Crippen LogP contribution is -2.32. The molecule has 0 spiro atoms. The number of rotatable bonds is 5. The van der Waals surface area contributed by atoms with Gasteiger partial charge in [0.05, 0.1) is 11.4 Å². The summed E-state index contributed by atoms with van der Waals surface area (Å²) in [4.78, 5) is 15.1. The van der Waals surface area contributed by atoms with E-state index in [9.17, 15) is 13.2 Å². The highest BCUT2D eigenvalue weighted by Gasteiger charge is 2.21. The van der Waals surface area contributed by atoms with Crippen molar-refractivity contribution in [1.29, 1.82) is 0 Å². The summed E-state index contributed by atoms with van der Waals surface area (Å²) in [6.45, 7) is 3.24. The summed E-state index contributed by atoms with van der Waals surface area (Å²) in [5.74, 6) is -0.187. The van der Waals surface area contributed by atoms with Crippen molar-refractivity contribution in [3.8, 4) is 11.1 Å². The molecule has 1 heterocycles. The van der Waals surface area contributed by atoms with Crippen LogP contribution in [0.25, 0.3) is 11.1 Å². The number of benzene rings is 3. The Morgan fingerprint density at radius 1 is 0.935 bits per heavy atom. The molecule has 0 fully saturated rings. The molecule has 0 radical (unpaired) electrons. The molecule has 160 valence electrons. The third kappa shape index (κ3) is 4.54. The minimum absolute atomic E-state index is 0.158. The van der Waals surface area contributed by atoms with E-state index in [1.807, 2.05) is 24.3 Å². The summed E-state index contributed by atoms with van der Waals surface area (Å²) in [5.41, 5.74) is 5.83. The molecule has 0 bridgehead atoms. The highest BCUT2D eigenvalue weighted by atomic mass is 32.2. The molecule has 6 nitrogen and oxygen atoms in total. The maximum atomic E-state index is 12.8. The molecule has 4 rings (SSSR count). The number of amides is 1. The predicted octanol–water partition coefficient (Wildman–Crippen LogP) is 3.52. The van der Waals surface area contributed by atoms with E-state index in [0.29, 0.717) is 24.3 Å². The van der Waals surface area contributed by atoms with Crippen LogP contribution in [0, 0.1) is 6.92 Å². The molecular weight excluding hydrogens is 410 g/mol. The van der Waals surface area contributed by atoms with Crippen LogP contribution in [0.1, 0.15) is 16.7 Å². The fraction of sp³-hybridized carbons (Fsp3) is 0.208. The average Bonchev–Trinajstić information content (AvgIpc) is 2.91. The van der Waals surface area contributed by atoms with Gasteiger partial charge in [-0.05, 0) is 53.9 Å². The lowest BCUT2D eigenvalue weighted by molar-refractivity contribution is -0.117. The van der Waals surface area contributed by atoms with E-state index in [2.05, 4.69) is 39.2 Å². The third-order valence-electron chi connectivity index (χ3n) is 5.51. The molecule has 3 aromatic rings. The smallest absolute Gasteiger partial charge is 0.240 e. The van der Waals surface area contributed by atoms with Crippen molar-refractivity contribution in [2.45, 2.75) is 24.9 Å². The van der Waals surface area contributed by atoms with E-state index in [1.165, 1.54) is 35.4 Å². The van der Waals surface area contributed by atoms with Crippen molar-refractivity contribution in [3.63, 3.8) is 0 Å². The first kappa shape index (κ1) is 21.2. The number of carbonyl (C=O) groups is 1. The van der Waals surface area contributed by atoms with Crippen LogP contribution in [0.3, 0.4) is 0 Å². The number of hydrogen-bond acceptors (Lipinski definition) is 4. The Morgan fingerprint density at radius 3 is 2.10 bits per heavy atom. The molecular formula is C24H25N3O3S. The zero-order chi connectivity index (χ0) is 22.0. The van der Waals surface area contributed by atoms with E-state index in [1.54, 1.807) is 19.1 Å². The highest BCUT2D eigenvalue weighted by Crippen LogP contribution is 2.32. The molecule has 1 aliphatic heterocycles. The largest absolute Gasteiger partial charge is 0.325 e. The van der Waals surface area contributed by atoms with Gasteiger partial charge < -0.3 is 5.32 Å². The number of hydrogen-bond donors (Lipinski definition) is 2. The zero-order valence-corrected chi connectivity index (χ0v) is 18.4. The van der Waals surface area contributed by atoms with Crippen molar-refractivity contribution in [2.24, 2.45) is 0 Å². The van der Waals surface area contributed by atoms with Gasteiger partial charge in [0.15, 0.2) is 0 Å². The van der Waals surface area contributed by atoms with Crippen molar-refractivity contribution < 1.29 is 13.2 Å². The standard InChI is InChI=1S/C24H25N3O3S/c1-17-11-12-20(13-23(17)31(29,30)25-2)26-24(28)16-27-14-18-7-3-5-9-21(18)22-10-6-4-8-19(22)15-27/h3-13,25H,14-16H2,1-2H3,(H,26,28). The van der Waals surface area contributed by atoms with Gasteiger partial charge in [-0.25, -0.2) is 13.1 Å². The molecule has 31 heavy (non-hydrogen) atoms. The van der Waals surface area contributed by atoms with Gasteiger partial charge >= 0.3 is 0 Å². The Labute approximate surface area is 183 Å². The van der Waals surface area contributed by atoms with Crippen molar-refractivity contribution in [2.75, 3.05) is 18.9 Å². The number of nitrogens with zero attached hydrogens (tertiary/aromatic N) is 1. The van der Waals surface area contributed by atoms with Crippen molar-refractivity contribution in [1.82, 2.24) is 9.62 Å². The molecule has 7 heteroatoms. The van der Waals surface area contributed by atoms with Crippen LogP contribution in [0.15, 0.2) is 71.6 Å². The van der Waals surface area contributed by atoms with E-state index in [0.717, 1.165) is 0 Å². The SMILES string of the molecule is CNS(=O)(=O)c1cc(NC(=O)CN2Cc3ccccc3-c3ccccc3C2)ccc1C. The molecule has 0 atom stereocenters. The molecule has 1 amide bonds. The van der Waals surface area contributed by atoms with Crippen LogP contribution < -0.4 is 10.0 Å². The second-order valence-electron chi connectivity index (χ2n) is 7.70. The monoisotopic (exact) mass is 435 g/mol. The predicted molar refractivity (Wildman–Crippen MR) is 122 cm³/mol. The Hall–Kier alpha value is -3.00. The number of anilines is 1. The third-order valence-corrected chi connectivity index (χ3v) is 7.07. The van der Waals surface area contributed by atoms with E-state index >= 15 is 0 Å². The molecule has 2 N–H and O–H groups in total. The summed E-state index contributed by atoms with van der Waals surface area (Å²) in [6, 6.07) is 21.4. The van der Waals surface area contributed by atoms with Gasteiger partial charge in [0, 0.05) is 18.8 Å². The van der Waals surface area contributed by atoms with Crippen LogP contribution in [0.4, 0.5) is 5.69 Å². The summed E-state index contributed by atoms with van der Waals surface area (Å²) >= 11 is 0. The van der Waals surface area contributed by atoms with Gasteiger partial charge in [0.2, 0.25) is 15.9 Å². The Morgan fingerprint density at radius 2 is 1.52 bits per heavy atom. The van der Waals surface area contributed by atoms with Crippen molar-refractivity contribution in [3.05, 3.63) is 83.4 Å². The summed E-state index contributed by atoms with van der Waals surface area (Å²) in [6.07, 6.45) is 0. The normalized spacial score (nSPS) is 13.7. The lowest BCUT2D eigenvalue weighted by Gasteiger charge is -2.20. The van der Waals surface area contributed by atoms with Gasteiger partial charge in [0.25, 0.3) is 0 Å². The summed E-state index contributed by atoms with van der Waals surface area (Å²) < 4.78 is 26.8. The quantitative estimate of drug-likeness (QED) is 0.643. The number of aryl methyl sites for hydroxylation is 1. The number of fused-ring (bicyclic) bond motifs is 3. The fourth-order valence-electron chi connectivity index (χ4n) is 3.97. The van der Waals surface area contributed by atoms with Gasteiger partial charge in [0.1, 0.15) is 0 Å². The van der Waals surface area contributed by atoms with Crippen LogP contribution in [0.2, 0.25) is 0 Å². The van der Waals surface area contributed by atoms with E-state index < -0.39 is 10.0 Å². The molecule has 0 saturated heterocycles. The fourth-order valence-corrected chi connectivity index (χ4v) is 4.97. The molecule has 1 aliphatic rings. The van der Waals surface area contributed by atoms with Crippen molar-refractivity contribution >= 4 is 21.6 Å². The zero-order valence-electron chi connectivity index (χ0n) is 17.6. The van der Waals surface area contributed by atoms with Gasteiger partial charge in [-0.2, -0.15) is 0 Å². The Kier molecular flexibility index (Phi) is 5.91. The minimum atomic E-state index is -3.60. The van der Waals surface area contributed by atoms with Gasteiger partial charge in [-0.15, -0.1) is 0 Å². The number of carbonyl (C=O) groups excluding carboxylic acids is 1. The molecule has 0 saturated carbocycles. The van der Waals surface area contributed by atoms with Crippen LogP contribution >= 0.6 is 0 Å². The highest BCUT2D eigenvalue weighted by molar-refractivity contribution is 7.89. The molecule has 3 aromatic carbocycles. The maximum Gasteiger partial charge on any atom is 0.240 e. The molecule has 0 unspecified atom stereocenters. The average molecular weight is 436 g/mol. The Bertz CT molecular complexity index is 1190. The molecule has 0 aliphatic carbocycles. The lowest BCUT2D eigenvalue weighted by atomic mass is 9.97. The minimum Gasteiger partial charge on any atom is -0.325 e. The van der Waals surface area contributed by atoms with E-state index in [4.69, 9.17) is 0 Å². The summed E-state index contributed by atoms with van der Waals surface area (Å²) in [7, 11) is -2.23. The first-order valence-electron chi connectivity index (χ1n) is 10.1. The number of sulfonamides is 1. The first-order chi connectivity index (χ1) is 14.9. The second-order valence-corrected chi connectivity index (χ2v) is 9.55.